The van der Waals surface area contributed by atoms with Crippen molar-refractivity contribution in [2.24, 2.45) is 4.99 Å². The maximum Gasteiger partial charge on any atom is 0.174 e. The van der Waals surface area contributed by atoms with Crippen molar-refractivity contribution in [3.8, 4) is 11.5 Å². The molecule has 0 radical (unpaired) electrons. The topological polar surface area (TPSA) is 30.8 Å². The third kappa shape index (κ3) is 4.96. The molecule has 0 bridgehead atoms. The SMILES string of the molecule is CCOc1cc(C=Nc2ccc(CC)cc2)cc(I)c1OCC. The first-order chi connectivity index (χ1) is 11.2. The summed E-state index contributed by atoms with van der Waals surface area (Å²) in [5.74, 6) is 1.57. The molecule has 0 atom stereocenters. The van der Waals surface area contributed by atoms with E-state index in [0.29, 0.717) is 13.2 Å². The fourth-order valence-electron chi connectivity index (χ4n) is 2.18. The molecule has 0 N–H and O–H groups in total. The first kappa shape index (κ1) is 17.8. The van der Waals surface area contributed by atoms with Gasteiger partial charge in [0, 0.05) is 6.21 Å². The molecule has 0 saturated carbocycles. The highest BCUT2D eigenvalue weighted by atomic mass is 127. The van der Waals surface area contributed by atoms with Gasteiger partial charge in [0.1, 0.15) is 0 Å². The highest BCUT2D eigenvalue weighted by molar-refractivity contribution is 14.1. The summed E-state index contributed by atoms with van der Waals surface area (Å²) in [6, 6.07) is 12.3. The van der Waals surface area contributed by atoms with E-state index in [4.69, 9.17) is 9.47 Å². The standard InChI is InChI=1S/C19H22INO2/c1-4-14-7-9-16(10-8-14)21-13-15-11-17(20)19(23-6-3)18(12-15)22-5-2/h7-13H,4-6H2,1-3H3. The largest absolute Gasteiger partial charge is 0.490 e. The monoisotopic (exact) mass is 423 g/mol. The van der Waals surface area contributed by atoms with Crippen LogP contribution in [-0.2, 0) is 6.42 Å². The van der Waals surface area contributed by atoms with Crippen LogP contribution >= 0.6 is 22.6 Å². The summed E-state index contributed by atoms with van der Waals surface area (Å²) in [7, 11) is 0. The number of hydrogen-bond donors (Lipinski definition) is 0. The van der Waals surface area contributed by atoms with Crippen LogP contribution in [0.3, 0.4) is 0 Å². The third-order valence-corrected chi connectivity index (χ3v) is 4.13. The Morgan fingerprint density at radius 3 is 2.30 bits per heavy atom. The molecular weight excluding hydrogens is 401 g/mol. The summed E-state index contributed by atoms with van der Waals surface area (Å²) in [4.78, 5) is 4.55. The van der Waals surface area contributed by atoms with Crippen LogP contribution in [-0.4, -0.2) is 19.4 Å². The second-order valence-electron chi connectivity index (χ2n) is 4.97. The molecule has 3 nitrogen and oxygen atoms in total. The van der Waals surface area contributed by atoms with Gasteiger partial charge in [0.25, 0.3) is 0 Å². The lowest BCUT2D eigenvalue weighted by Crippen LogP contribution is -2.01. The molecule has 0 fully saturated rings. The summed E-state index contributed by atoms with van der Waals surface area (Å²) >= 11 is 2.27. The highest BCUT2D eigenvalue weighted by Crippen LogP contribution is 2.34. The van der Waals surface area contributed by atoms with E-state index < -0.39 is 0 Å². The van der Waals surface area contributed by atoms with E-state index in [0.717, 1.165) is 32.7 Å². The Morgan fingerprint density at radius 1 is 1.00 bits per heavy atom. The molecule has 0 saturated heterocycles. The van der Waals surface area contributed by atoms with Crippen molar-refractivity contribution in [3.63, 3.8) is 0 Å². The van der Waals surface area contributed by atoms with Crippen LogP contribution in [0.2, 0.25) is 0 Å². The first-order valence-corrected chi connectivity index (χ1v) is 8.97. The van der Waals surface area contributed by atoms with E-state index in [-0.39, 0.29) is 0 Å². The van der Waals surface area contributed by atoms with Crippen molar-refractivity contribution in [2.75, 3.05) is 13.2 Å². The molecule has 0 unspecified atom stereocenters. The van der Waals surface area contributed by atoms with Gasteiger partial charge in [-0.2, -0.15) is 0 Å². The summed E-state index contributed by atoms with van der Waals surface area (Å²) < 4.78 is 12.4. The number of aliphatic imine (C=N–C) groups is 1. The minimum atomic E-state index is 0.606. The van der Waals surface area contributed by atoms with Crippen LogP contribution in [0.1, 0.15) is 31.9 Å². The first-order valence-electron chi connectivity index (χ1n) is 7.90. The van der Waals surface area contributed by atoms with Crippen molar-refractivity contribution in [3.05, 3.63) is 51.1 Å². The lowest BCUT2D eigenvalue weighted by molar-refractivity contribution is 0.286. The quantitative estimate of drug-likeness (QED) is 0.441. The molecule has 0 aliphatic carbocycles. The third-order valence-electron chi connectivity index (χ3n) is 3.33. The van der Waals surface area contributed by atoms with Gasteiger partial charge in [-0.05, 0) is 78.3 Å². The van der Waals surface area contributed by atoms with Gasteiger partial charge in [-0.1, -0.05) is 19.1 Å². The molecule has 0 aliphatic rings. The molecule has 0 aliphatic heterocycles. The van der Waals surface area contributed by atoms with Crippen molar-refractivity contribution < 1.29 is 9.47 Å². The summed E-state index contributed by atoms with van der Waals surface area (Å²) in [5, 5.41) is 0. The molecular formula is C19H22INO2. The Kier molecular flexibility index (Phi) is 6.89. The van der Waals surface area contributed by atoms with Crippen LogP contribution < -0.4 is 9.47 Å². The second kappa shape index (κ2) is 8.91. The van der Waals surface area contributed by atoms with Crippen LogP contribution in [0.15, 0.2) is 41.4 Å². The molecule has 4 heteroatoms. The van der Waals surface area contributed by atoms with Crippen molar-refractivity contribution in [2.45, 2.75) is 27.2 Å². The van der Waals surface area contributed by atoms with E-state index in [9.17, 15) is 0 Å². The van der Waals surface area contributed by atoms with Crippen LogP contribution in [0.4, 0.5) is 5.69 Å². The van der Waals surface area contributed by atoms with E-state index in [1.807, 2.05) is 38.3 Å². The Bertz CT molecular complexity index is 666. The van der Waals surface area contributed by atoms with Gasteiger partial charge in [-0.3, -0.25) is 4.99 Å². The smallest absolute Gasteiger partial charge is 0.174 e. The zero-order valence-electron chi connectivity index (χ0n) is 13.8. The number of ether oxygens (including phenoxy) is 2. The van der Waals surface area contributed by atoms with Gasteiger partial charge in [0.2, 0.25) is 0 Å². The Morgan fingerprint density at radius 2 is 1.70 bits per heavy atom. The number of halogens is 1. The molecule has 2 aromatic carbocycles. The lowest BCUT2D eigenvalue weighted by Gasteiger charge is -2.13. The van der Waals surface area contributed by atoms with Crippen LogP contribution in [0.5, 0.6) is 11.5 Å². The average molecular weight is 423 g/mol. The number of nitrogens with zero attached hydrogens (tertiary/aromatic N) is 1. The maximum absolute atomic E-state index is 5.70. The Hall–Kier alpha value is -1.56. The fourth-order valence-corrected chi connectivity index (χ4v) is 2.96. The zero-order valence-corrected chi connectivity index (χ0v) is 16.0. The number of rotatable bonds is 7. The molecule has 2 aromatic rings. The van der Waals surface area contributed by atoms with Crippen molar-refractivity contribution >= 4 is 34.5 Å². The number of benzene rings is 2. The number of hydrogen-bond acceptors (Lipinski definition) is 3. The average Bonchev–Trinajstić information content (AvgIpc) is 2.57. The molecule has 0 amide bonds. The van der Waals surface area contributed by atoms with Gasteiger partial charge in [0.15, 0.2) is 11.5 Å². The fraction of sp³-hybridized carbons (Fsp3) is 0.316. The summed E-state index contributed by atoms with van der Waals surface area (Å²) in [5.41, 5.74) is 3.27. The molecule has 122 valence electrons. The molecule has 2 rings (SSSR count). The maximum atomic E-state index is 5.70. The van der Waals surface area contributed by atoms with Gasteiger partial charge >= 0.3 is 0 Å². The lowest BCUT2D eigenvalue weighted by atomic mass is 10.1. The number of aryl methyl sites for hydroxylation is 1. The zero-order chi connectivity index (χ0) is 16.7. The summed E-state index contributed by atoms with van der Waals surface area (Å²) in [6.45, 7) is 7.32. The minimum absolute atomic E-state index is 0.606. The highest BCUT2D eigenvalue weighted by Gasteiger charge is 2.11. The van der Waals surface area contributed by atoms with Gasteiger partial charge in [0.05, 0.1) is 22.5 Å². The second-order valence-corrected chi connectivity index (χ2v) is 6.14. The predicted octanol–water partition coefficient (Wildman–Crippen LogP) is 5.40. The Balaban J connectivity index is 2.26. The van der Waals surface area contributed by atoms with Crippen molar-refractivity contribution in [1.82, 2.24) is 0 Å². The van der Waals surface area contributed by atoms with Crippen LogP contribution in [0, 0.1) is 3.57 Å². The minimum Gasteiger partial charge on any atom is -0.490 e. The van der Waals surface area contributed by atoms with Crippen LogP contribution in [0.25, 0.3) is 0 Å². The van der Waals surface area contributed by atoms with E-state index in [1.54, 1.807) is 0 Å². The van der Waals surface area contributed by atoms with Gasteiger partial charge < -0.3 is 9.47 Å². The van der Waals surface area contributed by atoms with Gasteiger partial charge in [-0.25, -0.2) is 0 Å². The molecule has 0 spiro atoms. The Labute approximate surface area is 151 Å². The predicted molar refractivity (Wildman–Crippen MR) is 105 cm³/mol. The van der Waals surface area contributed by atoms with E-state index in [1.165, 1.54) is 5.56 Å². The molecule has 0 aromatic heterocycles. The summed E-state index contributed by atoms with van der Waals surface area (Å²) in [6.07, 6.45) is 2.90. The van der Waals surface area contributed by atoms with E-state index >= 15 is 0 Å². The van der Waals surface area contributed by atoms with Gasteiger partial charge in [-0.15, -0.1) is 0 Å². The van der Waals surface area contributed by atoms with E-state index in [2.05, 4.69) is 52.7 Å². The van der Waals surface area contributed by atoms with Crippen molar-refractivity contribution in [1.29, 1.82) is 0 Å². The molecule has 23 heavy (non-hydrogen) atoms. The normalized spacial score (nSPS) is 11.0. The molecule has 0 heterocycles.